The van der Waals surface area contributed by atoms with Gasteiger partial charge < -0.3 is 10.6 Å². The summed E-state index contributed by atoms with van der Waals surface area (Å²) >= 11 is 6.08. The van der Waals surface area contributed by atoms with Crippen molar-refractivity contribution in [2.24, 2.45) is 0 Å². The van der Waals surface area contributed by atoms with Crippen molar-refractivity contribution < 1.29 is 13.9 Å². The Morgan fingerprint density at radius 3 is 2.60 bits per heavy atom. The zero-order chi connectivity index (χ0) is 18.6. The molecule has 1 atom stereocenters. The Balaban J connectivity index is 2.38. The summed E-state index contributed by atoms with van der Waals surface area (Å²) in [7, 11) is 0.384. The number of nitrogens with zero attached hydrogens (tertiary/aromatic N) is 1. The number of amides is 1. The monoisotopic (exact) mass is 381 g/mol. The number of carbonyl (C=O) groups excluding carboxylic acids is 1. The topological polar surface area (TPSA) is 101 Å². The molecule has 0 aliphatic rings. The van der Waals surface area contributed by atoms with E-state index in [0.29, 0.717) is 16.3 Å². The summed E-state index contributed by atoms with van der Waals surface area (Å²) in [6, 6.07) is 9.16. The molecule has 0 aromatic heterocycles. The first-order valence-electron chi connectivity index (χ1n) is 7.18. The Kier molecular flexibility index (Phi) is 6.11. The predicted octanol–water partition coefficient (Wildman–Crippen LogP) is 3.23. The molecule has 7 nitrogen and oxygen atoms in total. The quantitative estimate of drug-likeness (QED) is 0.590. The summed E-state index contributed by atoms with van der Waals surface area (Å²) in [4.78, 5) is 22.4. The average Bonchev–Trinajstić information content (AvgIpc) is 2.56. The molecular formula is C16H16ClN3O4S. The highest BCUT2D eigenvalue weighted by atomic mass is 35.5. The number of rotatable bonds is 6. The van der Waals surface area contributed by atoms with E-state index in [4.69, 9.17) is 11.6 Å². The van der Waals surface area contributed by atoms with Gasteiger partial charge >= 0.3 is 0 Å². The molecule has 0 radical (unpaired) electrons. The summed E-state index contributed by atoms with van der Waals surface area (Å²) in [5.41, 5.74) is 1.45. The minimum absolute atomic E-state index is 0.193. The van der Waals surface area contributed by atoms with E-state index in [2.05, 4.69) is 10.6 Å². The van der Waals surface area contributed by atoms with Crippen LogP contribution in [0.1, 0.15) is 15.9 Å². The molecule has 0 spiro atoms. The number of carbonyl (C=O) groups is 1. The molecule has 0 fully saturated rings. The first kappa shape index (κ1) is 18.9. The van der Waals surface area contributed by atoms with Crippen LogP contribution in [0.5, 0.6) is 0 Å². The lowest BCUT2D eigenvalue weighted by atomic mass is 10.1. The van der Waals surface area contributed by atoms with Crippen molar-refractivity contribution in [3.8, 4) is 0 Å². The Hall–Kier alpha value is -2.45. The fraction of sp³-hybridized carbons (Fsp3) is 0.188. The fourth-order valence-corrected chi connectivity index (χ4v) is 3.15. The normalized spacial score (nSPS) is 11.6. The Labute approximate surface area is 152 Å². The summed E-state index contributed by atoms with van der Waals surface area (Å²) in [5, 5.41) is 17.2. The highest BCUT2D eigenvalue weighted by molar-refractivity contribution is 7.83. The van der Waals surface area contributed by atoms with Crippen LogP contribution in [0.4, 0.5) is 17.1 Å². The zero-order valence-corrected chi connectivity index (χ0v) is 15.1. The summed E-state index contributed by atoms with van der Waals surface area (Å²) in [6.07, 6.45) is 1.57. The van der Waals surface area contributed by atoms with Gasteiger partial charge in [-0.3, -0.25) is 19.1 Å². The van der Waals surface area contributed by atoms with E-state index in [1.807, 2.05) is 0 Å². The van der Waals surface area contributed by atoms with E-state index in [0.717, 1.165) is 0 Å². The third-order valence-corrected chi connectivity index (χ3v) is 4.45. The van der Waals surface area contributed by atoms with Gasteiger partial charge in [0.05, 0.1) is 4.92 Å². The number of nitro groups is 1. The second-order valence-electron chi connectivity index (χ2n) is 5.22. The second-order valence-corrected chi connectivity index (χ2v) is 7.06. The van der Waals surface area contributed by atoms with E-state index in [1.165, 1.54) is 25.2 Å². The molecule has 0 bridgehead atoms. The lowest BCUT2D eigenvalue weighted by Gasteiger charge is -2.11. The van der Waals surface area contributed by atoms with Crippen LogP contribution in [0.3, 0.4) is 0 Å². The maximum atomic E-state index is 11.6. The third-order valence-electron chi connectivity index (χ3n) is 3.37. The number of nitrogens with one attached hydrogen (secondary N) is 2. The van der Waals surface area contributed by atoms with E-state index in [1.54, 1.807) is 24.5 Å². The standard InChI is InChI=1S/C16H16ClN3O4S/c1-18-16(21)10-3-6-14(15(8-10)20(22)23)19-12-4-5-13(17)11(7-12)9-25(2)24/h3-8,19H,9H2,1-2H3,(H,18,21). The smallest absolute Gasteiger partial charge is 0.293 e. The van der Waals surface area contributed by atoms with Gasteiger partial charge in [-0.15, -0.1) is 0 Å². The molecule has 2 aromatic carbocycles. The molecule has 132 valence electrons. The molecule has 2 aromatic rings. The summed E-state index contributed by atoms with van der Waals surface area (Å²) < 4.78 is 11.4. The van der Waals surface area contributed by atoms with Gasteiger partial charge in [0, 0.05) is 52.2 Å². The van der Waals surface area contributed by atoms with Gasteiger partial charge in [-0.2, -0.15) is 0 Å². The molecule has 0 aliphatic heterocycles. The van der Waals surface area contributed by atoms with Crippen LogP contribution in [0.2, 0.25) is 5.02 Å². The number of benzene rings is 2. The molecule has 0 saturated carbocycles. The Bertz CT molecular complexity index is 857. The molecule has 1 unspecified atom stereocenters. The van der Waals surface area contributed by atoms with E-state index < -0.39 is 21.6 Å². The highest BCUT2D eigenvalue weighted by Gasteiger charge is 2.17. The lowest BCUT2D eigenvalue weighted by molar-refractivity contribution is -0.383. The Morgan fingerprint density at radius 1 is 1.28 bits per heavy atom. The molecule has 0 heterocycles. The van der Waals surface area contributed by atoms with Crippen LogP contribution in [-0.2, 0) is 16.6 Å². The molecule has 25 heavy (non-hydrogen) atoms. The zero-order valence-electron chi connectivity index (χ0n) is 13.5. The molecule has 2 N–H and O–H groups in total. The molecule has 0 saturated heterocycles. The molecule has 2 rings (SSSR count). The van der Waals surface area contributed by atoms with Crippen LogP contribution in [0.15, 0.2) is 36.4 Å². The maximum absolute atomic E-state index is 11.6. The number of hydrogen-bond acceptors (Lipinski definition) is 5. The van der Waals surface area contributed by atoms with Crippen LogP contribution < -0.4 is 10.6 Å². The van der Waals surface area contributed by atoms with Crippen LogP contribution in [0.25, 0.3) is 0 Å². The Morgan fingerprint density at radius 2 is 2.00 bits per heavy atom. The van der Waals surface area contributed by atoms with Gasteiger partial charge in [-0.1, -0.05) is 11.6 Å². The third kappa shape index (κ3) is 4.77. The predicted molar refractivity (Wildman–Crippen MR) is 99.0 cm³/mol. The summed E-state index contributed by atoms with van der Waals surface area (Å²) in [5.74, 6) is -0.125. The number of halogens is 1. The fourth-order valence-electron chi connectivity index (χ4n) is 2.21. The van der Waals surface area contributed by atoms with Gasteiger partial charge in [0.2, 0.25) is 0 Å². The number of hydrogen-bond donors (Lipinski definition) is 2. The molecular weight excluding hydrogens is 366 g/mol. The van der Waals surface area contributed by atoms with E-state index >= 15 is 0 Å². The average molecular weight is 382 g/mol. The summed E-state index contributed by atoms with van der Waals surface area (Å²) in [6.45, 7) is 0. The van der Waals surface area contributed by atoms with Crippen LogP contribution in [0, 0.1) is 10.1 Å². The molecule has 1 amide bonds. The van der Waals surface area contributed by atoms with Crippen molar-refractivity contribution in [3.63, 3.8) is 0 Å². The van der Waals surface area contributed by atoms with Gasteiger partial charge in [-0.25, -0.2) is 0 Å². The number of anilines is 2. The lowest BCUT2D eigenvalue weighted by Crippen LogP contribution is -2.17. The highest BCUT2D eigenvalue weighted by Crippen LogP contribution is 2.30. The van der Waals surface area contributed by atoms with Crippen molar-refractivity contribution in [2.45, 2.75) is 5.75 Å². The van der Waals surface area contributed by atoms with Crippen LogP contribution in [-0.4, -0.2) is 28.3 Å². The largest absolute Gasteiger partial charge is 0.355 e. The van der Waals surface area contributed by atoms with Crippen molar-refractivity contribution >= 4 is 45.4 Å². The van der Waals surface area contributed by atoms with Crippen molar-refractivity contribution in [1.82, 2.24) is 5.32 Å². The van der Waals surface area contributed by atoms with Gasteiger partial charge in [-0.05, 0) is 35.9 Å². The SMILES string of the molecule is CNC(=O)c1ccc(Nc2ccc(Cl)c(CS(C)=O)c2)c([N+](=O)[O-])c1. The minimum atomic E-state index is -1.07. The van der Waals surface area contributed by atoms with Crippen molar-refractivity contribution in [2.75, 3.05) is 18.6 Å². The molecule has 0 aliphatic carbocycles. The second kappa shape index (κ2) is 8.09. The minimum Gasteiger partial charge on any atom is -0.355 e. The van der Waals surface area contributed by atoms with Crippen molar-refractivity contribution in [1.29, 1.82) is 0 Å². The maximum Gasteiger partial charge on any atom is 0.293 e. The van der Waals surface area contributed by atoms with E-state index in [-0.39, 0.29) is 22.7 Å². The van der Waals surface area contributed by atoms with Crippen molar-refractivity contribution in [3.05, 3.63) is 62.7 Å². The molecule has 9 heteroatoms. The van der Waals surface area contributed by atoms with Gasteiger partial charge in [0.1, 0.15) is 5.69 Å². The van der Waals surface area contributed by atoms with Gasteiger partial charge in [0.25, 0.3) is 11.6 Å². The van der Waals surface area contributed by atoms with Gasteiger partial charge in [0.15, 0.2) is 0 Å². The number of nitro benzene ring substituents is 1. The van der Waals surface area contributed by atoms with E-state index in [9.17, 15) is 19.1 Å². The first-order valence-corrected chi connectivity index (χ1v) is 9.28. The first-order chi connectivity index (χ1) is 11.8. The van der Waals surface area contributed by atoms with Crippen LogP contribution >= 0.6 is 11.6 Å².